The largest absolute Gasteiger partial charge is 0.488 e. The van der Waals surface area contributed by atoms with Gasteiger partial charge in [-0.2, -0.15) is 0 Å². The first-order chi connectivity index (χ1) is 15.2. The number of rotatable bonds is 8. The summed E-state index contributed by atoms with van der Waals surface area (Å²) in [7, 11) is 0. The smallest absolute Gasteiger partial charge is 0.310 e. The highest BCUT2D eigenvalue weighted by Gasteiger charge is 2.15. The summed E-state index contributed by atoms with van der Waals surface area (Å²) in [4.78, 5) is 11.9. The molecule has 4 nitrogen and oxygen atoms in total. The van der Waals surface area contributed by atoms with E-state index in [-0.39, 0.29) is 19.0 Å². The highest BCUT2D eigenvalue weighted by atomic mass is 19.1. The molecule has 0 spiro atoms. The van der Waals surface area contributed by atoms with E-state index in [1.54, 1.807) is 13.2 Å². The highest BCUT2D eigenvalue weighted by molar-refractivity contribution is 5.89. The van der Waals surface area contributed by atoms with Crippen LogP contribution in [0.15, 0.2) is 77.4 Å². The number of carbonyl (C=O) groups excluding carboxylic acids is 1. The van der Waals surface area contributed by atoms with Gasteiger partial charge in [0.25, 0.3) is 0 Å². The van der Waals surface area contributed by atoms with E-state index in [2.05, 4.69) is 0 Å². The molecule has 31 heavy (non-hydrogen) atoms. The van der Waals surface area contributed by atoms with Crippen molar-refractivity contribution in [2.24, 2.45) is 0 Å². The molecule has 0 atom stereocenters. The number of benzene rings is 3. The van der Waals surface area contributed by atoms with Crippen LogP contribution in [0.25, 0.3) is 22.1 Å². The van der Waals surface area contributed by atoms with Gasteiger partial charge in [-0.3, -0.25) is 4.79 Å². The second kappa shape index (κ2) is 9.47. The minimum atomic E-state index is -0.618. The number of fused-ring (bicyclic) bond motifs is 1. The van der Waals surface area contributed by atoms with Gasteiger partial charge in [0.15, 0.2) is 0 Å². The summed E-state index contributed by atoms with van der Waals surface area (Å²) in [5.41, 5.74) is 4.53. The van der Waals surface area contributed by atoms with E-state index >= 15 is 0 Å². The van der Waals surface area contributed by atoms with Gasteiger partial charge in [0.2, 0.25) is 0 Å². The Morgan fingerprint density at radius 2 is 1.71 bits per heavy atom. The van der Waals surface area contributed by atoms with Gasteiger partial charge in [-0.1, -0.05) is 48.5 Å². The fourth-order valence-corrected chi connectivity index (χ4v) is 3.58. The van der Waals surface area contributed by atoms with Gasteiger partial charge in [-0.15, -0.1) is 0 Å². The normalized spacial score (nSPS) is 10.9. The zero-order valence-corrected chi connectivity index (χ0v) is 17.3. The maximum Gasteiger partial charge on any atom is 0.310 e. The average Bonchev–Trinajstić information content (AvgIpc) is 3.21. The first-order valence-electron chi connectivity index (χ1n) is 10.2. The number of alkyl halides is 1. The number of hydrogen-bond acceptors (Lipinski definition) is 4. The summed E-state index contributed by atoms with van der Waals surface area (Å²) in [5, 5.41) is 0.817. The van der Waals surface area contributed by atoms with Crippen LogP contribution in [0, 0.1) is 0 Å². The van der Waals surface area contributed by atoms with Gasteiger partial charge in [0, 0.05) is 22.1 Å². The molecule has 0 aliphatic heterocycles. The maximum atomic E-state index is 13.7. The fraction of sp³-hybridized carbons (Fsp3) is 0.192. The number of halogens is 1. The second-order valence-electron chi connectivity index (χ2n) is 7.15. The minimum absolute atomic E-state index is 0.139. The summed E-state index contributed by atoms with van der Waals surface area (Å²) in [6, 6.07) is 21.0. The molecule has 0 fully saturated rings. The van der Waals surface area contributed by atoms with E-state index in [1.807, 2.05) is 66.7 Å². The molecule has 0 N–H and O–H groups in total. The topological polar surface area (TPSA) is 48.7 Å². The van der Waals surface area contributed by atoms with Crippen molar-refractivity contribution in [3.63, 3.8) is 0 Å². The first kappa shape index (κ1) is 20.7. The number of para-hydroxylation sites is 1. The number of hydrogen-bond donors (Lipinski definition) is 0. The van der Waals surface area contributed by atoms with Crippen molar-refractivity contribution in [1.29, 1.82) is 0 Å². The standard InChI is InChI=1S/C26H23FO4/c1-2-29-25(28)14-19-10-6-7-11-24(19)30-16-22-17-31-26-21(15-27)12-20(13-23(22)26)18-8-4-3-5-9-18/h3-13,17H,2,14-16H2,1H3. The van der Waals surface area contributed by atoms with Crippen molar-refractivity contribution in [1.82, 2.24) is 0 Å². The fourth-order valence-electron chi connectivity index (χ4n) is 3.58. The lowest BCUT2D eigenvalue weighted by atomic mass is 9.99. The van der Waals surface area contributed by atoms with Crippen LogP contribution >= 0.6 is 0 Å². The molecule has 0 unspecified atom stereocenters. The van der Waals surface area contributed by atoms with Gasteiger partial charge in [-0.05, 0) is 36.2 Å². The van der Waals surface area contributed by atoms with Gasteiger partial charge in [0.1, 0.15) is 24.6 Å². The molecule has 5 heteroatoms. The van der Waals surface area contributed by atoms with E-state index in [9.17, 15) is 9.18 Å². The molecule has 0 amide bonds. The molecule has 158 valence electrons. The first-order valence-corrected chi connectivity index (χ1v) is 10.2. The average molecular weight is 418 g/mol. The zero-order chi connectivity index (χ0) is 21.6. The molecule has 4 aromatic rings. The van der Waals surface area contributed by atoms with Crippen molar-refractivity contribution in [2.45, 2.75) is 26.6 Å². The minimum Gasteiger partial charge on any atom is -0.488 e. The van der Waals surface area contributed by atoms with Crippen LogP contribution in [-0.2, 0) is 29.2 Å². The Bertz CT molecular complexity index is 1180. The van der Waals surface area contributed by atoms with Gasteiger partial charge in [-0.25, -0.2) is 4.39 Å². The quantitative estimate of drug-likeness (QED) is 0.317. The lowest BCUT2D eigenvalue weighted by Gasteiger charge is -2.11. The van der Waals surface area contributed by atoms with Gasteiger partial charge < -0.3 is 13.9 Å². The van der Waals surface area contributed by atoms with Crippen LogP contribution in [0.3, 0.4) is 0 Å². The second-order valence-corrected chi connectivity index (χ2v) is 7.15. The van der Waals surface area contributed by atoms with E-state index < -0.39 is 6.67 Å². The van der Waals surface area contributed by atoms with Crippen LogP contribution in [0.2, 0.25) is 0 Å². The number of carbonyl (C=O) groups is 1. The molecule has 4 rings (SSSR count). The predicted octanol–water partition coefficient (Wildman–Crippen LogP) is 6.25. The Morgan fingerprint density at radius 1 is 0.935 bits per heavy atom. The highest BCUT2D eigenvalue weighted by Crippen LogP contribution is 2.32. The lowest BCUT2D eigenvalue weighted by molar-refractivity contribution is -0.142. The lowest BCUT2D eigenvalue weighted by Crippen LogP contribution is -2.09. The Hall–Kier alpha value is -3.60. The number of ether oxygens (including phenoxy) is 2. The van der Waals surface area contributed by atoms with E-state index in [4.69, 9.17) is 13.9 Å². The molecule has 1 heterocycles. The third-order valence-corrected chi connectivity index (χ3v) is 5.08. The van der Waals surface area contributed by atoms with E-state index in [0.29, 0.717) is 23.5 Å². The van der Waals surface area contributed by atoms with Gasteiger partial charge >= 0.3 is 5.97 Å². The molecule has 1 aromatic heterocycles. The van der Waals surface area contributed by atoms with Crippen molar-refractivity contribution < 1.29 is 23.1 Å². The number of furan rings is 1. The monoisotopic (exact) mass is 418 g/mol. The van der Waals surface area contributed by atoms with Crippen molar-refractivity contribution in [2.75, 3.05) is 6.61 Å². The zero-order valence-electron chi connectivity index (χ0n) is 17.3. The molecular formula is C26H23FO4. The van der Waals surface area contributed by atoms with Crippen molar-refractivity contribution in [3.8, 4) is 16.9 Å². The van der Waals surface area contributed by atoms with Crippen LogP contribution in [-0.4, -0.2) is 12.6 Å². The molecular weight excluding hydrogens is 395 g/mol. The molecule has 3 aromatic carbocycles. The molecule has 0 saturated heterocycles. The molecule has 0 bridgehead atoms. The molecule has 0 aliphatic carbocycles. The summed E-state index contributed by atoms with van der Waals surface area (Å²) in [5.74, 6) is 0.308. The summed E-state index contributed by atoms with van der Waals surface area (Å²) >= 11 is 0. The number of esters is 1. The predicted molar refractivity (Wildman–Crippen MR) is 118 cm³/mol. The van der Waals surface area contributed by atoms with E-state index in [0.717, 1.165) is 27.6 Å². The van der Waals surface area contributed by atoms with E-state index in [1.165, 1.54) is 0 Å². The Labute approximate surface area is 180 Å². The third kappa shape index (κ3) is 4.61. The van der Waals surface area contributed by atoms with Gasteiger partial charge in [0.05, 0.1) is 19.3 Å². The Kier molecular flexibility index (Phi) is 6.32. The maximum absolute atomic E-state index is 13.7. The van der Waals surface area contributed by atoms with Crippen molar-refractivity contribution >= 4 is 16.9 Å². The van der Waals surface area contributed by atoms with Crippen LogP contribution in [0.5, 0.6) is 5.75 Å². The third-order valence-electron chi connectivity index (χ3n) is 5.08. The molecule has 0 aliphatic rings. The Morgan fingerprint density at radius 3 is 2.48 bits per heavy atom. The summed E-state index contributed by atoms with van der Waals surface area (Å²) in [6.45, 7) is 1.73. The molecule has 0 radical (unpaired) electrons. The molecule has 0 saturated carbocycles. The Balaban J connectivity index is 1.62. The van der Waals surface area contributed by atoms with Crippen LogP contribution < -0.4 is 4.74 Å². The SMILES string of the molecule is CCOC(=O)Cc1ccccc1OCc1coc2c(CF)cc(-c3ccccc3)cc12. The summed E-state index contributed by atoms with van der Waals surface area (Å²) in [6.07, 6.45) is 1.74. The van der Waals surface area contributed by atoms with Crippen LogP contribution in [0.1, 0.15) is 23.6 Å². The van der Waals surface area contributed by atoms with Crippen molar-refractivity contribution in [3.05, 3.63) is 89.7 Å². The van der Waals surface area contributed by atoms with Crippen LogP contribution in [0.4, 0.5) is 4.39 Å². The summed E-state index contributed by atoms with van der Waals surface area (Å²) < 4.78 is 30.5.